The van der Waals surface area contributed by atoms with E-state index in [9.17, 15) is 4.79 Å². The van der Waals surface area contributed by atoms with E-state index in [1.54, 1.807) is 0 Å². The third-order valence-corrected chi connectivity index (χ3v) is 3.88. The first-order valence-corrected chi connectivity index (χ1v) is 7.58. The quantitative estimate of drug-likeness (QED) is 0.793. The minimum absolute atomic E-state index is 0.215. The highest BCUT2D eigenvalue weighted by Crippen LogP contribution is 2.47. The van der Waals surface area contributed by atoms with Gasteiger partial charge in [-0.25, -0.2) is 4.79 Å². The summed E-state index contributed by atoms with van der Waals surface area (Å²) in [5.41, 5.74) is 1.76. The summed E-state index contributed by atoms with van der Waals surface area (Å²) in [6.07, 6.45) is 1.63. The first kappa shape index (κ1) is 14.6. The van der Waals surface area contributed by atoms with E-state index in [1.807, 2.05) is 20.8 Å². The highest BCUT2D eigenvalue weighted by Gasteiger charge is 2.47. The lowest BCUT2D eigenvalue weighted by Gasteiger charge is -2.24. The number of benzene rings is 1. The topological polar surface area (TPSA) is 38.3 Å². The average molecular weight is 373 g/mol. The average Bonchev–Trinajstić information content (AvgIpc) is 2.99. The third kappa shape index (κ3) is 3.61. The Balaban J connectivity index is 2.15. The third-order valence-electron chi connectivity index (χ3n) is 3.21. The van der Waals surface area contributed by atoms with E-state index in [0.29, 0.717) is 0 Å². The summed E-state index contributed by atoms with van der Waals surface area (Å²) in [4.78, 5) is 11.9. The van der Waals surface area contributed by atoms with Crippen LogP contribution in [-0.4, -0.2) is 11.7 Å². The van der Waals surface area contributed by atoms with Gasteiger partial charge < -0.3 is 10.1 Å². The summed E-state index contributed by atoms with van der Waals surface area (Å²) in [5.74, 6) is 0. The summed E-state index contributed by atoms with van der Waals surface area (Å²) in [7, 11) is 0. The monoisotopic (exact) mass is 373 g/mol. The van der Waals surface area contributed by atoms with Gasteiger partial charge in [0.1, 0.15) is 5.60 Å². The molecule has 0 bridgehead atoms. The molecule has 1 aromatic carbocycles. The van der Waals surface area contributed by atoms with Crippen LogP contribution in [0.25, 0.3) is 0 Å². The minimum Gasteiger partial charge on any atom is -0.444 e. The van der Waals surface area contributed by atoms with Crippen LogP contribution >= 0.6 is 22.6 Å². The summed E-state index contributed by atoms with van der Waals surface area (Å²) in [5, 5.41) is 3.04. The zero-order chi connectivity index (χ0) is 14.3. The molecule has 1 amide bonds. The van der Waals surface area contributed by atoms with Gasteiger partial charge in [0.05, 0.1) is 5.54 Å². The number of nitrogens with one attached hydrogen (secondary N) is 1. The molecule has 0 atom stereocenters. The second-order valence-corrected chi connectivity index (χ2v) is 7.41. The number of hydrogen-bond acceptors (Lipinski definition) is 2. The molecule has 0 aromatic heterocycles. The van der Waals surface area contributed by atoms with Crippen molar-refractivity contribution < 1.29 is 9.53 Å². The Morgan fingerprint density at radius 2 is 2.00 bits per heavy atom. The van der Waals surface area contributed by atoms with Crippen molar-refractivity contribution in [1.29, 1.82) is 0 Å². The highest BCUT2D eigenvalue weighted by molar-refractivity contribution is 14.1. The Kier molecular flexibility index (Phi) is 3.82. The molecule has 0 saturated heterocycles. The molecular weight excluding hydrogens is 353 g/mol. The second kappa shape index (κ2) is 4.96. The minimum atomic E-state index is -0.458. The maximum Gasteiger partial charge on any atom is 0.408 e. The van der Waals surface area contributed by atoms with Crippen LogP contribution in [-0.2, 0) is 10.3 Å². The van der Waals surface area contributed by atoms with Crippen LogP contribution in [0.1, 0.15) is 44.7 Å². The van der Waals surface area contributed by atoms with E-state index in [4.69, 9.17) is 4.74 Å². The van der Waals surface area contributed by atoms with Crippen LogP contribution in [0.2, 0.25) is 0 Å². The molecule has 0 heterocycles. The van der Waals surface area contributed by atoms with Crippen molar-refractivity contribution >= 4 is 28.7 Å². The lowest BCUT2D eigenvalue weighted by molar-refractivity contribution is 0.0495. The number of ether oxygens (including phenoxy) is 1. The Bertz CT molecular complexity index is 501. The number of carbonyl (C=O) groups is 1. The van der Waals surface area contributed by atoms with Crippen molar-refractivity contribution in [2.75, 3.05) is 0 Å². The van der Waals surface area contributed by atoms with Crippen molar-refractivity contribution in [3.05, 3.63) is 32.9 Å². The smallest absolute Gasteiger partial charge is 0.408 e. The molecule has 104 valence electrons. The van der Waals surface area contributed by atoms with Gasteiger partial charge in [0.15, 0.2) is 0 Å². The number of amides is 1. The van der Waals surface area contributed by atoms with Crippen LogP contribution in [0.15, 0.2) is 18.2 Å². The maximum absolute atomic E-state index is 11.9. The van der Waals surface area contributed by atoms with Crippen LogP contribution in [0, 0.1) is 10.5 Å². The summed E-state index contributed by atoms with van der Waals surface area (Å²) >= 11 is 2.30. The first-order chi connectivity index (χ1) is 8.72. The molecular formula is C15H20INO2. The van der Waals surface area contributed by atoms with Crippen LogP contribution in [0.5, 0.6) is 0 Å². The molecule has 1 aliphatic rings. The Morgan fingerprint density at radius 1 is 1.37 bits per heavy atom. The van der Waals surface area contributed by atoms with Crippen molar-refractivity contribution in [2.45, 2.75) is 51.7 Å². The molecule has 0 unspecified atom stereocenters. The van der Waals surface area contributed by atoms with Crippen molar-refractivity contribution in [3.63, 3.8) is 0 Å². The molecule has 0 aliphatic heterocycles. The van der Waals surface area contributed by atoms with E-state index < -0.39 is 5.60 Å². The molecule has 3 nitrogen and oxygen atoms in total. The number of carbonyl (C=O) groups excluding carboxylic acids is 1. The predicted molar refractivity (Wildman–Crippen MR) is 84.2 cm³/mol. The standard InChI is InChI=1S/C15H20INO2/c1-10-5-6-11(16)9-12(10)15(7-8-15)17-13(18)19-14(2,3)4/h5-6,9H,7-8H2,1-4H3,(H,17,18). The van der Waals surface area contributed by atoms with Gasteiger partial charge in [-0.1, -0.05) is 6.07 Å². The molecule has 1 fully saturated rings. The molecule has 0 spiro atoms. The van der Waals surface area contributed by atoms with Crippen molar-refractivity contribution in [1.82, 2.24) is 5.32 Å². The molecule has 2 rings (SSSR count). The molecule has 0 radical (unpaired) electrons. The fourth-order valence-electron chi connectivity index (χ4n) is 2.20. The van der Waals surface area contributed by atoms with Crippen molar-refractivity contribution in [2.24, 2.45) is 0 Å². The molecule has 1 aliphatic carbocycles. The van der Waals surface area contributed by atoms with Crippen LogP contribution in [0.3, 0.4) is 0 Å². The number of alkyl carbamates (subject to hydrolysis) is 1. The Morgan fingerprint density at radius 3 is 2.53 bits per heavy atom. The van der Waals surface area contributed by atoms with Gasteiger partial charge in [0.25, 0.3) is 0 Å². The van der Waals surface area contributed by atoms with Crippen molar-refractivity contribution in [3.8, 4) is 0 Å². The second-order valence-electron chi connectivity index (χ2n) is 6.17. The Labute approximate surface area is 128 Å². The molecule has 19 heavy (non-hydrogen) atoms. The normalized spacial score (nSPS) is 16.9. The van der Waals surface area contributed by atoms with Gasteiger partial charge in [-0.2, -0.15) is 0 Å². The van der Waals surface area contributed by atoms with Gasteiger partial charge in [-0.3, -0.25) is 0 Å². The van der Waals surface area contributed by atoms with Crippen LogP contribution in [0.4, 0.5) is 4.79 Å². The molecule has 1 N–H and O–H groups in total. The van der Waals surface area contributed by atoms with Gasteiger partial charge in [-0.05, 0) is 86.4 Å². The number of aryl methyl sites for hydroxylation is 1. The van der Waals surface area contributed by atoms with E-state index >= 15 is 0 Å². The van der Waals surface area contributed by atoms with Gasteiger partial charge in [0.2, 0.25) is 0 Å². The van der Waals surface area contributed by atoms with E-state index in [2.05, 4.69) is 53.0 Å². The van der Waals surface area contributed by atoms with E-state index in [1.165, 1.54) is 14.7 Å². The highest BCUT2D eigenvalue weighted by atomic mass is 127. The number of hydrogen-bond donors (Lipinski definition) is 1. The lowest BCUT2D eigenvalue weighted by atomic mass is 9.99. The fraction of sp³-hybridized carbons (Fsp3) is 0.533. The predicted octanol–water partition coefficient (Wildman–Crippen LogP) is 4.11. The summed E-state index contributed by atoms with van der Waals surface area (Å²) < 4.78 is 6.54. The van der Waals surface area contributed by atoms with E-state index in [-0.39, 0.29) is 11.6 Å². The largest absolute Gasteiger partial charge is 0.444 e. The first-order valence-electron chi connectivity index (χ1n) is 6.50. The summed E-state index contributed by atoms with van der Waals surface area (Å²) in [6.45, 7) is 7.72. The lowest BCUT2D eigenvalue weighted by Crippen LogP contribution is -2.39. The van der Waals surface area contributed by atoms with E-state index in [0.717, 1.165) is 12.8 Å². The van der Waals surface area contributed by atoms with Crippen LogP contribution < -0.4 is 5.32 Å². The van der Waals surface area contributed by atoms with Gasteiger partial charge in [-0.15, -0.1) is 0 Å². The molecule has 1 aromatic rings. The SMILES string of the molecule is Cc1ccc(I)cc1C1(NC(=O)OC(C)(C)C)CC1. The molecule has 4 heteroatoms. The maximum atomic E-state index is 11.9. The summed E-state index contributed by atoms with van der Waals surface area (Å²) in [6, 6.07) is 6.34. The molecule has 1 saturated carbocycles. The zero-order valence-corrected chi connectivity index (χ0v) is 14.0. The fourth-order valence-corrected chi connectivity index (χ4v) is 2.69. The van der Waals surface area contributed by atoms with Gasteiger partial charge in [0, 0.05) is 3.57 Å². The number of halogens is 1. The number of rotatable bonds is 2. The van der Waals surface area contributed by atoms with Gasteiger partial charge >= 0.3 is 6.09 Å². The zero-order valence-electron chi connectivity index (χ0n) is 11.8. The Hall–Kier alpha value is -0.780.